The highest BCUT2D eigenvalue weighted by Crippen LogP contribution is 2.37. The number of phenols is 2. The molecule has 0 saturated carbocycles. The van der Waals surface area contributed by atoms with Crippen LogP contribution in [0.25, 0.3) is 34.2 Å². The number of methoxy groups -OCH3 is 1. The van der Waals surface area contributed by atoms with Crippen LogP contribution in [0.3, 0.4) is 0 Å². The van der Waals surface area contributed by atoms with Gasteiger partial charge in [-0.15, -0.1) is 0 Å². The topological polar surface area (TPSA) is 144 Å². The second kappa shape index (κ2) is 20.1. The molecule has 4 aromatic rings. The average Bonchev–Trinajstić information content (AvgIpc) is 3.09. The van der Waals surface area contributed by atoms with Gasteiger partial charge in [0.25, 0.3) is 0 Å². The van der Waals surface area contributed by atoms with E-state index in [1.165, 1.54) is 0 Å². The van der Waals surface area contributed by atoms with Crippen molar-refractivity contribution < 1.29 is 40.9 Å². The maximum absolute atomic E-state index is 11.4. The van der Waals surface area contributed by atoms with E-state index in [0.717, 1.165) is 18.5 Å². The number of phenolic OH excluding ortho intramolecular Hbond substituents is 2. The molecule has 0 aliphatic heterocycles. The molecule has 12 nitrogen and oxygen atoms in total. The van der Waals surface area contributed by atoms with Crippen LogP contribution in [0.5, 0.6) is 28.7 Å². The molecule has 0 aliphatic rings. The fourth-order valence-corrected chi connectivity index (χ4v) is 32.9. The van der Waals surface area contributed by atoms with Gasteiger partial charge in [-0.05, 0) is 165 Å². The van der Waals surface area contributed by atoms with Crippen molar-refractivity contribution >= 4 is 50.4 Å². The third-order valence-electron chi connectivity index (χ3n) is 8.79. The molecule has 3 aromatic carbocycles. The minimum absolute atomic E-state index is 0.0505. The molecular weight excluding hydrogens is 871 g/mol. The first-order valence-corrected chi connectivity index (χ1v) is 39.8. The van der Waals surface area contributed by atoms with Crippen LogP contribution in [0, 0.1) is 5.92 Å². The highest BCUT2D eigenvalue weighted by Gasteiger charge is 2.42. The first-order chi connectivity index (χ1) is 28.0. The quantitative estimate of drug-likeness (QED) is 0.0572. The summed E-state index contributed by atoms with van der Waals surface area (Å²) >= 11 is 0. The zero-order chi connectivity index (χ0) is 45.6. The largest absolute Gasteiger partial charge is 0.507 e. The molecule has 4 rings (SSSR count). The van der Waals surface area contributed by atoms with E-state index in [1.807, 2.05) is 24.3 Å². The molecule has 0 bridgehead atoms. The van der Waals surface area contributed by atoms with E-state index in [-0.39, 0.29) is 29.1 Å². The van der Waals surface area contributed by atoms with E-state index in [2.05, 4.69) is 98.6 Å². The molecule has 18 heteroatoms. The summed E-state index contributed by atoms with van der Waals surface area (Å²) in [5.74, 6) is 2.61. The van der Waals surface area contributed by atoms with Crippen LogP contribution in [0.2, 0.25) is 104 Å². The smallest absolute Gasteiger partial charge is 0.314 e. The number of aromatic hydroxyl groups is 2. The summed E-state index contributed by atoms with van der Waals surface area (Å²) < 4.78 is 44.4. The molecule has 0 fully saturated rings. The number of benzene rings is 3. The summed E-state index contributed by atoms with van der Waals surface area (Å²) in [7, 11) is -10.5. The monoisotopic (exact) mass is 941 g/mol. The van der Waals surface area contributed by atoms with Crippen LogP contribution in [0.4, 0.5) is 0 Å². The van der Waals surface area contributed by atoms with E-state index in [4.69, 9.17) is 45.6 Å². The van der Waals surface area contributed by atoms with Crippen molar-refractivity contribution in [3.63, 3.8) is 0 Å². The first kappa shape index (κ1) is 50.5. The molecule has 61 heavy (non-hydrogen) atoms. The summed E-state index contributed by atoms with van der Waals surface area (Å²) in [6, 6.07) is 19.2. The van der Waals surface area contributed by atoms with E-state index in [1.54, 1.807) is 43.5 Å². The van der Waals surface area contributed by atoms with Gasteiger partial charge in [0, 0.05) is 17.7 Å². The predicted molar refractivity (Wildman–Crippen MR) is 261 cm³/mol. The normalized spacial score (nSPS) is 13.6. The zero-order valence-corrected chi connectivity index (χ0v) is 45.5. The van der Waals surface area contributed by atoms with Gasteiger partial charge in [0.05, 0.1) is 31.5 Å². The van der Waals surface area contributed by atoms with Crippen molar-refractivity contribution in [2.45, 2.75) is 117 Å². The number of ether oxygens (including phenoxy) is 3. The van der Waals surface area contributed by atoms with Gasteiger partial charge in [-0.25, -0.2) is 15.0 Å². The molecule has 0 aliphatic carbocycles. The molecule has 0 amide bonds. The second-order valence-corrected chi connectivity index (χ2v) is 45.7. The van der Waals surface area contributed by atoms with Crippen molar-refractivity contribution in [1.82, 2.24) is 15.0 Å². The van der Waals surface area contributed by atoms with Crippen LogP contribution in [0.1, 0.15) is 13.3 Å². The van der Waals surface area contributed by atoms with Gasteiger partial charge in [0.2, 0.25) is 0 Å². The molecule has 0 radical (unpaired) electrons. The number of nitrogens with zero attached hydrogens (tertiary/aromatic N) is 3. The number of hydrogen-bond donors (Lipinski definition) is 2. The third kappa shape index (κ3) is 16.8. The average molecular weight is 943 g/mol. The lowest BCUT2D eigenvalue weighted by Gasteiger charge is -2.39. The lowest BCUT2D eigenvalue weighted by Crippen LogP contribution is -2.53. The zero-order valence-electron chi connectivity index (χ0n) is 39.5. The molecule has 1 atom stereocenters. The Morgan fingerprint density at radius 3 is 1.36 bits per heavy atom. The highest BCUT2D eigenvalue weighted by molar-refractivity contribution is 6.88. The highest BCUT2D eigenvalue weighted by atomic mass is 28.5. The van der Waals surface area contributed by atoms with Crippen LogP contribution in [0.15, 0.2) is 60.7 Å². The summed E-state index contributed by atoms with van der Waals surface area (Å²) in [4.78, 5) is 14.3. The van der Waals surface area contributed by atoms with Crippen molar-refractivity contribution in [2.75, 3.05) is 20.3 Å². The minimum Gasteiger partial charge on any atom is -0.507 e. The third-order valence-corrected chi connectivity index (χ3v) is 28.2. The van der Waals surface area contributed by atoms with Crippen molar-refractivity contribution in [1.29, 1.82) is 0 Å². The Labute approximate surface area is 371 Å². The standard InChI is InChI=1S/C43H71N3O9Si6/c1-32(31-61(16,54-58(9,10)11)55-59(12,13)14)30-51-36-23-25-38(40(48)29-36)43-45-41(33-18-20-34(49-2)21-19-33)44-42(46-43)37-24-22-35(28-39(37)47)50-26-17-27-60(15,52-56(3,4)5)53-57(6,7)8/h18-25,28-29,32,47-48H,17,26-27,30-31H2,1-16H3. The summed E-state index contributed by atoms with van der Waals surface area (Å²) in [5, 5.41) is 22.8. The lowest BCUT2D eigenvalue weighted by molar-refractivity contribution is 0.258. The number of aromatic nitrogens is 3. The Morgan fingerprint density at radius 2 is 0.934 bits per heavy atom. The Bertz CT molecular complexity index is 2040. The fourth-order valence-electron chi connectivity index (χ4n) is 7.40. The Balaban J connectivity index is 1.57. The van der Waals surface area contributed by atoms with Gasteiger partial charge in [0.15, 0.2) is 50.7 Å². The van der Waals surface area contributed by atoms with Gasteiger partial charge in [0.1, 0.15) is 28.7 Å². The van der Waals surface area contributed by atoms with E-state index in [9.17, 15) is 10.2 Å². The molecule has 336 valence electrons. The van der Waals surface area contributed by atoms with Gasteiger partial charge >= 0.3 is 17.1 Å². The molecule has 0 saturated heterocycles. The molecule has 0 spiro atoms. The molecule has 1 aromatic heterocycles. The van der Waals surface area contributed by atoms with Crippen LogP contribution < -0.4 is 14.2 Å². The fraction of sp³-hybridized carbons (Fsp3) is 0.512. The van der Waals surface area contributed by atoms with E-state index in [0.29, 0.717) is 53.0 Å². The Kier molecular flexibility index (Phi) is 16.6. The maximum atomic E-state index is 11.4. The molecule has 1 heterocycles. The number of rotatable bonds is 22. The molecule has 1 unspecified atom stereocenters. The lowest BCUT2D eigenvalue weighted by atomic mass is 10.1. The van der Waals surface area contributed by atoms with E-state index >= 15 is 0 Å². The van der Waals surface area contributed by atoms with Crippen LogP contribution in [-0.4, -0.2) is 95.9 Å². The maximum Gasteiger partial charge on any atom is 0.314 e. The van der Waals surface area contributed by atoms with Crippen LogP contribution in [-0.2, 0) is 16.5 Å². The minimum atomic E-state index is -2.46. The first-order valence-electron chi connectivity index (χ1n) is 21.2. The second-order valence-electron chi connectivity index (χ2n) is 20.1. The number of hydrogen-bond acceptors (Lipinski definition) is 12. The van der Waals surface area contributed by atoms with Crippen molar-refractivity contribution in [3.8, 4) is 62.9 Å². The summed E-state index contributed by atoms with van der Waals surface area (Å²) in [6.45, 7) is 33.8. The van der Waals surface area contributed by atoms with Gasteiger partial charge < -0.3 is 40.9 Å². The molecular formula is C43H71N3O9Si6. The molecule has 2 N–H and O–H groups in total. The van der Waals surface area contributed by atoms with Crippen LogP contribution >= 0.6 is 0 Å². The Hall–Kier alpha value is -3.19. The van der Waals surface area contributed by atoms with Crippen molar-refractivity contribution in [2.24, 2.45) is 5.92 Å². The van der Waals surface area contributed by atoms with E-state index < -0.39 is 50.4 Å². The summed E-state index contributed by atoms with van der Waals surface area (Å²) in [6.07, 6.45) is 0.761. The van der Waals surface area contributed by atoms with Gasteiger partial charge in [-0.1, -0.05) is 6.92 Å². The SMILES string of the molecule is COc1ccc(-c2nc(-c3ccc(OCCC[Si](C)(O[Si](C)(C)C)O[Si](C)(C)C)cc3O)nc(-c3ccc(OCC(C)C[Si](C)(O[Si](C)(C)C)O[Si](C)(C)C)cc3O)n2)cc1. The predicted octanol–water partition coefficient (Wildman–Crippen LogP) is 11.6. The van der Waals surface area contributed by atoms with Gasteiger partial charge in [-0.3, -0.25) is 0 Å². The van der Waals surface area contributed by atoms with Gasteiger partial charge in [-0.2, -0.15) is 0 Å². The summed E-state index contributed by atoms with van der Waals surface area (Å²) in [5.41, 5.74) is 1.48. The Morgan fingerprint density at radius 1 is 0.525 bits per heavy atom. The van der Waals surface area contributed by atoms with Crippen molar-refractivity contribution in [3.05, 3.63) is 60.7 Å².